The number of benzene rings is 1. The lowest BCUT2D eigenvalue weighted by atomic mass is 10.1. The normalized spacial score (nSPS) is 11.2. The lowest BCUT2D eigenvalue weighted by molar-refractivity contribution is -0.384. The van der Waals surface area contributed by atoms with Gasteiger partial charge in [-0.05, 0) is 20.4 Å². The van der Waals surface area contributed by atoms with Gasteiger partial charge in [-0.3, -0.25) is 15.0 Å². The number of hydrogen-bond donors (Lipinski definition) is 1. The molecule has 1 rings (SSSR count). The van der Waals surface area contributed by atoms with Crippen LogP contribution in [-0.4, -0.2) is 27.5 Å². The third kappa shape index (κ3) is 3.34. The maximum atomic E-state index is 10.8. The summed E-state index contributed by atoms with van der Waals surface area (Å²) in [6, 6.07) is 2.81. The van der Waals surface area contributed by atoms with Crippen LogP contribution in [0.25, 0.3) is 0 Å². The summed E-state index contributed by atoms with van der Waals surface area (Å²) in [4.78, 5) is 12.3. The van der Waals surface area contributed by atoms with E-state index in [1.807, 2.05) is 20.8 Å². The Kier molecular flexibility index (Phi) is 4.93. The minimum atomic E-state index is -0.513. The summed E-state index contributed by atoms with van der Waals surface area (Å²) in [5.74, 6) is -0.0821. The predicted molar refractivity (Wildman–Crippen MR) is 71.0 cm³/mol. The molecule has 0 atom stereocenters. The van der Waals surface area contributed by atoms with Crippen molar-refractivity contribution in [2.24, 2.45) is 0 Å². The Hall–Kier alpha value is -1.33. The molecule has 0 amide bonds. The minimum Gasteiger partial charge on any atom is -0.506 e. The van der Waals surface area contributed by atoms with Crippen LogP contribution in [0.15, 0.2) is 12.1 Å². The zero-order valence-electron chi connectivity index (χ0n) is 10.7. The van der Waals surface area contributed by atoms with Crippen molar-refractivity contribution in [2.75, 3.05) is 6.54 Å². The van der Waals surface area contributed by atoms with Gasteiger partial charge < -0.3 is 5.11 Å². The molecule has 0 fully saturated rings. The van der Waals surface area contributed by atoms with E-state index in [1.54, 1.807) is 0 Å². The highest BCUT2D eigenvalue weighted by molar-refractivity contribution is 6.32. The molecule has 0 aliphatic carbocycles. The number of phenols is 1. The standard InChI is InChI=1S/C12H17ClN2O3/c1-4-14(8(2)3)7-9-5-10(15(17)18)6-11(13)12(9)16/h5-6,8,16H,4,7H2,1-3H3. The SMILES string of the molecule is CCN(Cc1cc([N+](=O)[O-])cc(Cl)c1O)C(C)C. The molecule has 100 valence electrons. The first kappa shape index (κ1) is 14.7. The molecule has 1 aromatic rings. The molecule has 0 radical (unpaired) electrons. The second-order valence-corrected chi connectivity index (χ2v) is 4.76. The van der Waals surface area contributed by atoms with Crippen molar-refractivity contribution in [3.63, 3.8) is 0 Å². The zero-order chi connectivity index (χ0) is 13.9. The van der Waals surface area contributed by atoms with Gasteiger partial charge in [-0.15, -0.1) is 0 Å². The van der Waals surface area contributed by atoms with E-state index in [0.29, 0.717) is 12.1 Å². The molecular weight excluding hydrogens is 256 g/mol. The van der Waals surface area contributed by atoms with Crippen LogP contribution in [0.5, 0.6) is 5.75 Å². The quantitative estimate of drug-likeness (QED) is 0.660. The van der Waals surface area contributed by atoms with E-state index >= 15 is 0 Å². The molecule has 1 aromatic carbocycles. The first-order valence-electron chi connectivity index (χ1n) is 5.76. The smallest absolute Gasteiger partial charge is 0.271 e. The lowest BCUT2D eigenvalue weighted by Crippen LogP contribution is -2.30. The summed E-state index contributed by atoms with van der Waals surface area (Å²) in [7, 11) is 0. The number of aromatic hydroxyl groups is 1. The van der Waals surface area contributed by atoms with E-state index < -0.39 is 4.92 Å². The lowest BCUT2D eigenvalue weighted by Gasteiger charge is -2.25. The Morgan fingerprint density at radius 2 is 2.11 bits per heavy atom. The number of nitrogens with zero attached hydrogens (tertiary/aromatic N) is 2. The fourth-order valence-corrected chi connectivity index (χ4v) is 1.98. The topological polar surface area (TPSA) is 66.6 Å². The van der Waals surface area contributed by atoms with Crippen molar-refractivity contribution in [1.82, 2.24) is 4.90 Å². The Bertz CT molecular complexity index is 449. The van der Waals surface area contributed by atoms with Crippen LogP contribution in [0.1, 0.15) is 26.3 Å². The number of nitro groups is 1. The number of hydrogen-bond acceptors (Lipinski definition) is 4. The van der Waals surface area contributed by atoms with Crippen molar-refractivity contribution in [2.45, 2.75) is 33.4 Å². The third-order valence-corrected chi connectivity index (χ3v) is 3.14. The summed E-state index contributed by atoms with van der Waals surface area (Å²) in [6.07, 6.45) is 0. The number of halogens is 1. The summed E-state index contributed by atoms with van der Waals surface area (Å²) < 4.78 is 0. The Labute approximate surface area is 111 Å². The largest absolute Gasteiger partial charge is 0.506 e. The van der Waals surface area contributed by atoms with E-state index in [2.05, 4.69) is 4.90 Å². The van der Waals surface area contributed by atoms with E-state index in [4.69, 9.17) is 11.6 Å². The molecular formula is C12H17ClN2O3. The van der Waals surface area contributed by atoms with Crippen molar-refractivity contribution in [1.29, 1.82) is 0 Å². The van der Waals surface area contributed by atoms with Crippen molar-refractivity contribution in [3.8, 4) is 5.75 Å². The van der Waals surface area contributed by atoms with Gasteiger partial charge in [0.2, 0.25) is 0 Å². The van der Waals surface area contributed by atoms with Crippen LogP contribution in [0.2, 0.25) is 5.02 Å². The molecule has 5 nitrogen and oxygen atoms in total. The summed E-state index contributed by atoms with van der Waals surface area (Å²) >= 11 is 5.80. The van der Waals surface area contributed by atoms with Gasteiger partial charge in [0.15, 0.2) is 0 Å². The summed E-state index contributed by atoms with van der Waals surface area (Å²) in [5.41, 5.74) is 0.373. The molecule has 6 heteroatoms. The van der Waals surface area contributed by atoms with Crippen molar-refractivity contribution >= 4 is 17.3 Å². The molecule has 0 aliphatic rings. The summed E-state index contributed by atoms with van der Waals surface area (Å²) in [5, 5.41) is 20.6. The van der Waals surface area contributed by atoms with Gasteiger partial charge in [0, 0.05) is 30.3 Å². The molecule has 18 heavy (non-hydrogen) atoms. The average Bonchev–Trinajstić information content (AvgIpc) is 2.30. The Balaban J connectivity index is 3.11. The van der Waals surface area contributed by atoms with Crippen molar-refractivity contribution < 1.29 is 10.0 Å². The van der Waals surface area contributed by atoms with E-state index in [-0.39, 0.29) is 22.5 Å². The van der Waals surface area contributed by atoms with Gasteiger partial charge in [-0.2, -0.15) is 0 Å². The van der Waals surface area contributed by atoms with Gasteiger partial charge in [0.05, 0.1) is 9.95 Å². The Morgan fingerprint density at radius 1 is 1.50 bits per heavy atom. The van der Waals surface area contributed by atoms with Gasteiger partial charge >= 0.3 is 0 Å². The van der Waals surface area contributed by atoms with E-state index in [0.717, 1.165) is 12.6 Å². The predicted octanol–water partition coefficient (Wildman–Crippen LogP) is 3.18. The fraction of sp³-hybridized carbons (Fsp3) is 0.500. The van der Waals surface area contributed by atoms with Crippen LogP contribution in [0.4, 0.5) is 5.69 Å². The van der Waals surface area contributed by atoms with Gasteiger partial charge in [0.1, 0.15) is 5.75 Å². The molecule has 0 saturated carbocycles. The number of nitro benzene ring substituents is 1. The molecule has 0 bridgehead atoms. The van der Waals surface area contributed by atoms with Crippen LogP contribution in [0.3, 0.4) is 0 Å². The van der Waals surface area contributed by atoms with Crippen LogP contribution < -0.4 is 0 Å². The van der Waals surface area contributed by atoms with Crippen molar-refractivity contribution in [3.05, 3.63) is 32.8 Å². The monoisotopic (exact) mass is 272 g/mol. The number of rotatable bonds is 5. The highest BCUT2D eigenvalue weighted by Gasteiger charge is 2.17. The summed E-state index contributed by atoms with van der Waals surface area (Å²) in [6.45, 7) is 7.27. The average molecular weight is 273 g/mol. The molecule has 0 spiro atoms. The van der Waals surface area contributed by atoms with Gasteiger partial charge in [-0.1, -0.05) is 18.5 Å². The first-order chi connectivity index (χ1) is 8.36. The molecule has 0 aromatic heterocycles. The fourth-order valence-electron chi connectivity index (χ4n) is 1.74. The Morgan fingerprint density at radius 3 is 2.56 bits per heavy atom. The second-order valence-electron chi connectivity index (χ2n) is 4.35. The molecule has 0 heterocycles. The zero-order valence-corrected chi connectivity index (χ0v) is 11.4. The number of non-ortho nitro benzene ring substituents is 1. The maximum absolute atomic E-state index is 10.8. The van der Waals surface area contributed by atoms with Crippen LogP contribution in [-0.2, 0) is 6.54 Å². The van der Waals surface area contributed by atoms with Crippen LogP contribution >= 0.6 is 11.6 Å². The van der Waals surface area contributed by atoms with Crippen LogP contribution in [0, 0.1) is 10.1 Å². The highest BCUT2D eigenvalue weighted by atomic mass is 35.5. The molecule has 0 aliphatic heterocycles. The van der Waals surface area contributed by atoms with E-state index in [9.17, 15) is 15.2 Å². The third-order valence-electron chi connectivity index (χ3n) is 2.85. The van der Waals surface area contributed by atoms with Gasteiger partial charge in [0.25, 0.3) is 5.69 Å². The molecule has 0 saturated heterocycles. The maximum Gasteiger partial charge on any atom is 0.271 e. The van der Waals surface area contributed by atoms with Gasteiger partial charge in [-0.25, -0.2) is 0 Å². The van der Waals surface area contributed by atoms with E-state index in [1.165, 1.54) is 6.07 Å². The molecule has 0 unspecified atom stereocenters. The highest BCUT2D eigenvalue weighted by Crippen LogP contribution is 2.33. The first-order valence-corrected chi connectivity index (χ1v) is 6.14. The molecule has 1 N–H and O–H groups in total. The number of phenolic OH excluding ortho intramolecular Hbond substituents is 1. The second kappa shape index (κ2) is 6.02. The minimum absolute atomic E-state index is 0.0130.